The van der Waals surface area contributed by atoms with E-state index in [-0.39, 0.29) is 77.3 Å². The van der Waals surface area contributed by atoms with Crippen LogP contribution in [0.25, 0.3) is 0 Å². The van der Waals surface area contributed by atoms with E-state index in [1.807, 2.05) is 65.8 Å². The van der Waals surface area contributed by atoms with Gasteiger partial charge in [-0.05, 0) is 237 Å². The first kappa shape index (κ1) is 88.1. The number of esters is 2. The topological polar surface area (TPSA) is 316 Å². The molecule has 0 aromatic heterocycles. The number of halogens is 1. The predicted octanol–water partition coefficient (Wildman–Crippen LogP) is 13.3. The van der Waals surface area contributed by atoms with Gasteiger partial charge < -0.3 is 44.4 Å². The second kappa shape index (κ2) is 49.6. The Balaban J connectivity index is 0.00000117. The summed E-state index contributed by atoms with van der Waals surface area (Å²) in [5.74, 6) is 0.664. The van der Waals surface area contributed by atoms with E-state index in [9.17, 15) is 52.7 Å². The molecule has 4 aromatic carbocycles. The average molecular weight is 1370 g/mol. The Morgan fingerprint density at radius 3 is 1.03 bits per heavy atom. The van der Waals surface area contributed by atoms with E-state index in [1.54, 1.807) is 74.5 Å². The van der Waals surface area contributed by atoms with Crippen LogP contribution in [-0.4, -0.2) is 143 Å². The van der Waals surface area contributed by atoms with Crippen molar-refractivity contribution in [1.29, 1.82) is 0 Å². The van der Waals surface area contributed by atoms with Crippen LogP contribution < -0.4 is 19.9 Å². The molecule has 6 rings (SSSR count). The predicted molar refractivity (Wildman–Crippen MR) is 372 cm³/mol. The summed E-state index contributed by atoms with van der Waals surface area (Å²) in [4.78, 5) is 123. The summed E-state index contributed by atoms with van der Waals surface area (Å²) in [5.41, 5.74) is 7.32. The number of amides is 5. The van der Waals surface area contributed by atoms with Gasteiger partial charge in [0, 0.05) is 72.6 Å². The third-order valence-electron chi connectivity index (χ3n) is 13.2. The van der Waals surface area contributed by atoms with Gasteiger partial charge in [0.25, 0.3) is 23.6 Å². The summed E-state index contributed by atoms with van der Waals surface area (Å²) in [6.45, 7) is 20.7. The number of benzene rings is 4. The molecule has 97 heavy (non-hydrogen) atoms. The number of Topliss-reactive ketones (excluding diaryl/α,β-unsaturated/α-hetero) is 4. The number of aliphatic hydroxyl groups excluding tert-OH is 1. The van der Waals surface area contributed by atoms with Crippen molar-refractivity contribution < 1.29 is 91.4 Å². The molecule has 0 atom stereocenters. The molecule has 4 aromatic rings. The summed E-state index contributed by atoms with van der Waals surface area (Å²) in [6.07, 6.45) is 17.8. The number of methoxy groups -OCH3 is 1. The number of phenolic OH excluding ortho intramolecular Hbond substituents is 1. The number of phenols is 1. The van der Waals surface area contributed by atoms with Crippen LogP contribution in [0.3, 0.4) is 0 Å². The molecule has 4 N–H and O–H groups in total. The number of aromatic hydroxyl groups is 1. The first-order valence-electron chi connectivity index (χ1n) is 32.3. The highest BCUT2D eigenvalue weighted by atomic mass is 35.5. The third-order valence-corrected chi connectivity index (χ3v) is 13.2. The van der Waals surface area contributed by atoms with Gasteiger partial charge in [0.2, 0.25) is 0 Å². The standard InChI is InChI=1S/C19H28O4.C17H19NO4.C13H19NO2.C11H22O3.C8H8O2.C6H5NO4.ClH/c1-15(20)16-10-12-17(13-11-16)22-14-8-6-5-7-9-18(21)23-19(2,3)4;1-13(19)14-5-7-15(8-6-14)22-12-4-2-3-11-18-16(20)9-10-17(18)21;1-11(15)12-5-7-13(8-6-12)16-10-4-2-3-9-14;1-11(2,3)14-10(13)8-6-4-5-7-9-12;1-6(9)7-2-4-8(10)5-3-7;1-11-6(10)7-4(8)2-3-5(7)9;/h10-13H,5-9,14H2,1-4H3;5-10H,2-4,11-12H2,1H3;5-8H,2-4,9-10,14H2,1H3;12H,4-9H2,1-3H3;2-5,10H,1H3;2-3H,1H3;1H. The van der Waals surface area contributed by atoms with E-state index in [0.717, 1.165) is 139 Å². The molecule has 0 saturated carbocycles. The Hall–Kier alpha value is -8.86. The van der Waals surface area contributed by atoms with Crippen LogP contribution in [0.2, 0.25) is 0 Å². The average Bonchev–Trinajstić information content (AvgIpc) is 1.79. The SMILES string of the molecule is CC(=O)c1ccc(O)cc1.CC(=O)c1ccc(OCCCCCCC(=O)OC(C)(C)C)cc1.CC(=O)c1ccc(OCCCCCN)cc1.CC(=O)c1ccc(OCCCCCN2C(=O)C=CC2=O)cc1.CC(C)(C)OC(=O)CCCCCCO.COC(=O)N1C(=O)C=CC1=O.Cl. The molecule has 2 aliphatic rings. The second-order valence-corrected chi connectivity index (χ2v) is 24.0. The largest absolute Gasteiger partial charge is 0.508 e. The van der Waals surface area contributed by atoms with E-state index < -0.39 is 23.5 Å². The Morgan fingerprint density at radius 1 is 0.423 bits per heavy atom. The minimum Gasteiger partial charge on any atom is -0.508 e. The van der Waals surface area contributed by atoms with Crippen LogP contribution in [0.5, 0.6) is 23.0 Å². The summed E-state index contributed by atoms with van der Waals surface area (Å²) in [7, 11) is 1.10. The highest BCUT2D eigenvalue weighted by Crippen LogP contribution is 2.18. The second-order valence-electron chi connectivity index (χ2n) is 24.0. The van der Waals surface area contributed by atoms with Gasteiger partial charge in [-0.1, -0.05) is 25.7 Å². The summed E-state index contributed by atoms with van der Waals surface area (Å²) in [5, 5.41) is 17.4. The van der Waals surface area contributed by atoms with Gasteiger partial charge >= 0.3 is 18.0 Å². The van der Waals surface area contributed by atoms with Crippen LogP contribution in [0.1, 0.15) is 213 Å². The molecular formula is C74H102ClN3O19. The molecule has 0 unspecified atom stereocenters. The monoisotopic (exact) mass is 1370 g/mol. The van der Waals surface area contributed by atoms with Crippen molar-refractivity contribution in [1.82, 2.24) is 9.80 Å². The molecule has 23 heteroatoms. The molecule has 2 aliphatic heterocycles. The van der Waals surface area contributed by atoms with Crippen molar-refractivity contribution in [3.63, 3.8) is 0 Å². The van der Waals surface area contributed by atoms with Crippen molar-refractivity contribution in [3.05, 3.63) is 144 Å². The first-order chi connectivity index (χ1) is 45.4. The number of imide groups is 4. The highest BCUT2D eigenvalue weighted by Gasteiger charge is 2.30. The molecule has 0 bridgehead atoms. The molecule has 0 radical (unpaired) electrons. The van der Waals surface area contributed by atoms with E-state index in [2.05, 4.69) is 4.74 Å². The molecule has 0 saturated heterocycles. The third kappa shape index (κ3) is 42.3. The van der Waals surface area contributed by atoms with Crippen LogP contribution >= 0.6 is 12.4 Å². The van der Waals surface area contributed by atoms with Gasteiger partial charge in [0.15, 0.2) is 23.1 Å². The van der Waals surface area contributed by atoms with Crippen molar-refractivity contribution in [2.45, 2.75) is 183 Å². The number of carbonyl (C=O) groups excluding carboxylic acids is 11. The maximum Gasteiger partial charge on any atom is 0.423 e. The smallest absolute Gasteiger partial charge is 0.423 e. The molecule has 0 fully saturated rings. The van der Waals surface area contributed by atoms with Gasteiger partial charge in [-0.15, -0.1) is 12.4 Å². The van der Waals surface area contributed by atoms with Crippen LogP contribution in [0.4, 0.5) is 4.79 Å². The lowest BCUT2D eigenvalue weighted by atomic mass is 10.1. The molecule has 0 aliphatic carbocycles. The number of hydrogen-bond acceptors (Lipinski definition) is 20. The minimum atomic E-state index is -0.954. The van der Waals surface area contributed by atoms with E-state index in [0.29, 0.717) is 60.8 Å². The maximum absolute atomic E-state index is 11.5. The molecular weight excluding hydrogens is 1270 g/mol. The lowest BCUT2D eigenvalue weighted by Crippen LogP contribution is -2.35. The number of carbonyl (C=O) groups is 11. The number of unbranched alkanes of at least 4 members (excludes halogenated alkanes) is 10. The quantitative estimate of drug-likeness (QED) is 0.0139. The zero-order valence-corrected chi connectivity index (χ0v) is 59.1. The fraction of sp³-hybridized carbons (Fsp3) is 0.473. The van der Waals surface area contributed by atoms with Gasteiger partial charge in [-0.25, -0.2) is 4.79 Å². The molecule has 0 spiro atoms. The van der Waals surface area contributed by atoms with Gasteiger partial charge in [-0.2, -0.15) is 4.90 Å². The molecule has 534 valence electrons. The normalized spacial score (nSPS) is 11.8. The van der Waals surface area contributed by atoms with Crippen molar-refractivity contribution in [2.24, 2.45) is 5.73 Å². The number of aliphatic hydroxyl groups is 1. The zero-order valence-electron chi connectivity index (χ0n) is 58.3. The molecule has 5 amide bonds. The number of nitrogens with zero attached hydrogens (tertiary/aromatic N) is 2. The maximum atomic E-state index is 11.5. The number of nitrogens with two attached hydrogens (primary N) is 1. The summed E-state index contributed by atoms with van der Waals surface area (Å²) < 4.78 is 31.3. The van der Waals surface area contributed by atoms with Gasteiger partial charge in [-0.3, -0.25) is 52.8 Å². The molecule has 22 nitrogen and oxygen atoms in total. The lowest BCUT2D eigenvalue weighted by Gasteiger charge is -2.19. The molecule has 2 heterocycles. The fourth-order valence-electron chi connectivity index (χ4n) is 8.16. The van der Waals surface area contributed by atoms with E-state index in [4.69, 9.17) is 39.6 Å². The van der Waals surface area contributed by atoms with Crippen LogP contribution in [0.15, 0.2) is 121 Å². The summed E-state index contributed by atoms with van der Waals surface area (Å²) in [6, 6.07) is 27.7. The van der Waals surface area contributed by atoms with E-state index in [1.165, 1.54) is 43.0 Å². The number of hydrogen-bond donors (Lipinski definition) is 3. The Labute approximate surface area is 578 Å². The van der Waals surface area contributed by atoms with Crippen molar-refractivity contribution in [3.8, 4) is 23.0 Å². The lowest BCUT2D eigenvalue weighted by molar-refractivity contribution is -0.156. The number of rotatable bonds is 31. The Kier molecular flexibility index (Phi) is 45.1. The van der Waals surface area contributed by atoms with E-state index >= 15 is 0 Å². The Morgan fingerprint density at radius 2 is 0.722 bits per heavy atom. The van der Waals surface area contributed by atoms with Crippen LogP contribution in [-0.2, 0) is 43.0 Å². The van der Waals surface area contributed by atoms with Crippen molar-refractivity contribution >= 4 is 77.2 Å². The van der Waals surface area contributed by atoms with Crippen molar-refractivity contribution in [2.75, 3.05) is 46.6 Å². The van der Waals surface area contributed by atoms with Gasteiger partial charge in [0.1, 0.15) is 34.2 Å². The summed E-state index contributed by atoms with van der Waals surface area (Å²) >= 11 is 0. The number of ether oxygens (including phenoxy) is 6. The van der Waals surface area contributed by atoms with Crippen LogP contribution in [0, 0.1) is 0 Å². The fourth-order valence-corrected chi connectivity index (χ4v) is 8.16. The zero-order chi connectivity index (χ0) is 72.1. The Bertz CT molecular complexity index is 3080. The van der Waals surface area contributed by atoms with Gasteiger partial charge in [0.05, 0.1) is 26.9 Å². The minimum absolute atomic E-state index is 0. The highest BCUT2D eigenvalue weighted by molar-refractivity contribution is 6.21. The first-order valence-corrected chi connectivity index (χ1v) is 32.3. The number of ketones is 4.